The minimum absolute atomic E-state index is 0.160. The van der Waals surface area contributed by atoms with Crippen LogP contribution in [0.4, 0.5) is 0 Å². The van der Waals surface area contributed by atoms with E-state index in [0.29, 0.717) is 17.9 Å². The SMILES string of the molecule is CCc1ccc(S(=O)(=O)N2C[C@H](OC)C[C@H]2CO)cc1CC. The Bertz CT molecular complexity index is 615. The monoisotopic (exact) mass is 327 g/mol. The van der Waals surface area contributed by atoms with Gasteiger partial charge >= 0.3 is 0 Å². The summed E-state index contributed by atoms with van der Waals surface area (Å²) in [4.78, 5) is 0.303. The van der Waals surface area contributed by atoms with Gasteiger partial charge in [0, 0.05) is 13.7 Å². The van der Waals surface area contributed by atoms with E-state index in [4.69, 9.17) is 4.74 Å². The molecule has 2 atom stereocenters. The Morgan fingerprint density at radius 1 is 1.27 bits per heavy atom. The van der Waals surface area contributed by atoms with Crippen molar-refractivity contribution in [2.75, 3.05) is 20.3 Å². The lowest BCUT2D eigenvalue weighted by molar-refractivity contribution is 0.113. The number of benzene rings is 1. The van der Waals surface area contributed by atoms with Crippen molar-refractivity contribution < 1.29 is 18.3 Å². The molecule has 0 unspecified atom stereocenters. The van der Waals surface area contributed by atoms with Crippen LogP contribution in [-0.2, 0) is 27.6 Å². The third kappa shape index (κ3) is 3.20. The number of rotatable bonds is 6. The quantitative estimate of drug-likeness (QED) is 0.861. The van der Waals surface area contributed by atoms with E-state index in [0.717, 1.165) is 18.4 Å². The van der Waals surface area contributed by atoms with E-state index in [1.54, 1.807) is 19.2 Å². The van der Waals surface area contributed by atoms with Gasteiger partial charge in [-0.25, -0.2) is 8.42 Å². The van der Waals surface area contributed by atoms with Gasteiger partial charge in [-0.1, -0.05) is 19.9 Å². The number of methoxy groups -OCH3 is 1. The van der Waals surface area contributed by atoms with Crippen molar-refractivity contribution in [3.63, 3.8) is 0 Å². The van der Waals surface area contributed by atoms with Crippen LogP contribution in [0.5, 0.6) is 0 Å². The van der Waals surface area contributed by atoms with Crippen molar-refractivity contribution in [1.29, 1.82) is 0 Å². The molecule has 5 nitrogen and oxygen atoms in total. The van der Waals surface area contributed by atoms with Gasteiger partial charge in [-0.05, 0) is 42.5 Å². The van der Waals surface area contributed by atoms with Crippen LogP contribution in [0.1, 0.15) is 31.4 Å². The summed E-state index contributed by atoms with van der Waals surface area (Å²) in [5, 5.41) is 9.48. The van der Waals surface area contributed by atoms with Crippen LogP contribution in [-0.4, -0.2) is 50.2 Å². The normalized spacial score (nSPS) is 23.1. The van der Waals surface area contributed by atoms with Gasteiger partial charge in [-0.2, -0.15) is 4.31 Å². The Kier molecular flexibility index (Phi) is 5.60. The highest BCUT2D eigenvalue weighted by molar-refractivity contribution is 7.89. The zero-order chi connectivity index (χ0) is 16.3. The summed E-state index contributed by atoms with van der Waals surface area (Å²) in [6.45, 7) is 4.19. The highest BCUT2D eigenvalue weighted by Crippen LogP contribution is 2.28. The highest BCUT2D eigenvalue weighted by atomic mass is 32.2. The Balaban J connectivity index is 2.37. The van der Waals surface area contributed by atoms with E-state index in [9.17, 15) is 13.5 Å². The largest absolute Gasteiger partial charge is 0.395 e. The van der Waals surface area contributed by atoms with Crippen LogP contribution in [0, 0.1) is 0 Å². The fraction of sp³-hybridized carbons (Fsp3) is 0.625. The first kappa shape index (κ1) is 17.4. The van der Waals surface area contributed by atoms with Crippen LogP contribution < -0.4 is 0 Å². The van der Waals surface area contributed by atoms with Crippen LogP contribution >= 0.6 is 0 Å². The molecule has 124 valence electrons. The third-order valence-corrected chi connectivity index (χ3v) is 6.33. The van der Waals surface area contributed by atoms with Gasteiger partial charge in [0.25, 0.3) is 0 Å². The summed E-state index contributed by atoms with van der Waals surface area (Å²) in [6.07, 6.45) is 2.06. The fourth-order valence-corrected chi connectivity index (χ4v) is 4.76. The van der Waals surface area contributed by atoms with Gasteiger partial charge in [0.15, 0.2) is 0 Å². The van der Waals surface area contributed by atoms with Gasteiger partial charge in [-0.15, -0.1) is 0 Å². The van der Waals surface area contributed by atoms with E-state index in [-0.39, 0.29) is 12.7 Å². The van der Waals surface area contributed by atoms with Gasteiger partial charge < -0.3 is 9.84 Å². The molecule has 0 amide bonds. The minimum Gasteiger partial charge on any atom is -0.395 e. The second kappa shape index (κ2) is 7.08. The second-order valence-electron chi connectivity index (χ2n) is 5.64. The molecule has 0 aliphatic carbocycles. The molecule has 22 heavy (non-hydrogen) atoms. The first-order valence-corrected chi connectivity index (χ1v) is 9.19. The summed E-state index contributed by atoms with van der Waals surface area (Å²) in [6, 6.07) is 4.92. The van der Waals surface area contributed by atoms with Crippen molar-refractivity contribution in [3.05, 3.63) is 29.3 Å². The van der Waals surface area contributed by atoms with Crippen molar-refractivity contribution in [1.82, 2.24) is 4.31 Å². The summed E-state index contributed by atoms with van der Waals surface area (Å²) in [5.41, 5.74) is 2.24. The predicted molar refractivity (Wildman–Crippen MR) is 85.4 cm³/mol. The summed E-state index contributed by atoms with van der Waals surface area (Å²) >= 11 is 0. The molecule has 1 aromatic carbocycles. The summed E-state index contributed by atoms with van der Waals surface area (Å²) < 4.78 is 32.4. The van der Waals surface area contributed by atoms with E-state index in [1.165, 1.54) is 9.87 Å². The van der Waals surface area contributed by atoms with E-state index in [2.05, 4.69) is 6.92 Å². The number of hydrogen-bond donors (Lipinski definition) is 1. The van der Waals surface area contributed by atoms with Crippen LogP contribution in [0.15, 0.2) is 23.1 Å². The van der Waals surface area contributed by atoms with Crippen molar-refractivity contribution in [2.45, 2.75) is 50.2 Å². The maximum Gasteiger partial charge on any atom is 0.243 e. The van der Waals surface area contributed by atoms with Gasteiger partial charge in [-0.3, -0.25) is 0 Å². The summed E-state index contributed by atoms with van der Waals surface area (Å²) in [5.74, 6) is 0. The summed E-state index contributed by atoms with van der Waals surface area (Å²) in [7, 11) is -2.04. The second-order valence-corrected chi connectivity index (χ2v) is 7.53. The molecule has 0 spiro atoms. The molecule has 1 aliphatic rings. The smallest absolute Gasteiger partial charge is 0.243 e. The minimum atomic E-state index is -3.61. The van der Waals surface area contributed by atoms with Crippen molar-refractivity contribution >= 4 is 10.0 Å². The molecule has 0 radical (unpaired) electrons. The first-order valence-electron chi connectivity index (χ1n) is 7.75. The van der Waals surface area contributed by atoms with Crippen LogP contribution in [0.3, 0.4) is 0 Å². The lowest BCUT2D eigenvalue weighted by Crippen LogP contribution is -2.38. The molecule has 1 aromatic rings. The number of hydrogen-bond acceptors (Lipinski definition) is 4. The Morgan fingerprint density at radius 2 is 1.95 bits per heavy atom. The van der Waals surface area contributed by atoms with Crippen molar-refractivity contribution in [2.24, 2.45) is 0 Å². The van der Waals surface area contributed by atoms with E-state index < -0.39 is 16.1 Å². The average Bonchev–Trinajstić information content (AvgIpc) is 2.98. The molecular weight excluding hydrogens is 302 g/mol. The number of aliphatic hydroxyl groups is 1. The van der Waals surface area contributed by atoms with E-state index in [1.807, 2.05) is 13.0 Å². The van der Waals surface area contributed by atoms with E-state index >= 15 is 0 Å². The predicted octanol–water partition coefficient (Wildman–Crippen LogP) is 1.58. The lowest BCUT2D eigenvalue weighted by Gasteiger charge is -2.22. The Labute approximate surface area is 133 Å². The maximum atomic E-state index is 12.9. The molecule has 1 aliphatic heterocycles. The number of aryl methyl sites for hydroxylation is 2. The van der Waals surface area contributed by atoms with Crippen LogP contribution in [0.25, 0.3) is 0 Å². The van der Waals surface area contributed by atoms with Crippen LogP contribution in [0.2, 0.25) is 0 Å². The topological polar surface area (TPSA) is 66.8 Å². The Morgan fingerprint density at radius 3 is 2.50 bits per heavy atom. The zero-order valence-corrected chi connectivity index (χ0v) is 14.3. The number of ether oxygens (including phenoxy) is 1. The molecule has 1 N–H and O–H groups in total. The molecule has 6 heteroatoms. The molecule has 1 fully saturated rings. The number of sulfonamides is 1. The lowest BCUT2D eigenvalue weighted by atomic mass is 10.0. The van der Waals surface area contributed by atoms with Crippen molar-refractivity contribution in [3.8, 4) is 0 Å². The number of aliphatic hydroxyl groups excluding tert-OH is 1. The molecule has 0 aromatic heterocycles. The molecule has 1 heterocycles. The van der Waals surface area contributed by atoms with Gasteiger partial charge in [0.05, 0.1) is 23.6 Å². The zero-order valence-electron chi connectivity index (χ0n) is 13.4. The number of nitrogens with zero attached hydrogens (tertiary/aromatic N) is 1. The van der Waals surface area contributed by atoms with Gasteiger partial charge in [0.2, 0.25) is 10.0 Å². The first-order chi connectivity index (χ1) is 10.5. The Hall–Kier alpha value is -0.950. The molecule has 0 saturated carbocycles. The average molecular weight is 327 g/mol. The third-order valence-electron chi connectivity index (χ3n) is 4.42. The maximum absolute atomic E-state index is 12.9. The molecule has 0 bridgehead atoms. The molecule has 1 saturated heterocycles. The molecular formula is C16H25NO4S. The highest BCUT2D eigenvalue weighted by Gasteiger charge is 2.40. The fourth-order valence-electron chi connectivity index (χ4n) is 3.05. The van der Waals surface area contributed by atoms with Gasteiger partial charge in [0.1, 0.15) is 0 Å². The standard InChI is InChI=1S/C16H25NO4S/c1-4-12-6-7-16(8-13(12)5-2)22(19,20)17-10-15(21-3)9-14(17)11-18/h6-8,14-15,18H,4-5,9-11H2,1-3H3/t14-,15+/m0/s1. The molecule has 2 rings (SSSR count).